The Morgan fingerprint density at radius 1 is 1.23 bits per heavy atom. The van der Waals surface area contributed by atoms with Crippen LogP contribution in [0.2, 0.25) is 0 Å². The average Bonchev–Trinajstić information content (AvgIpc) is 2.62. The van der Waals surface area contributed by atoms with Crippen molar-refractivity contribution < 1.29 is 0 Å². The van der Waals surface area contributed by atoms with Gasteiger partial charge in [0.25, 0.3) is 0 Å². The molecule has 0 spiro atoms. The minimum atomic E-state index is 0. The number of likely N-dealkylation sites (tertiary alicyclic amines) is 1. The molecule has 1 aliphatic heterocycles. The molecule has 1 unspecified atom stereocenters. The van der Waals surface area contributed by atoms with Crippen molar-refractivity contribution >= 4 is 35.6 Å². The first-order valence-corrected chi connectivity index (χ1v) is 10.1. The van der Waals surface area contributed by atoms with Gasteiger partial charge in [0, 0.05) is 18.8 Å². The molecule has 1 aromatic carbocycles. The lowest BCUT2D eigenvalue weighted by Gasteiger charge is -2.30. The van der Waals surface area contributed by atoms with Crippen molar-refractivity contribution in [3.63, 3.8) is 0 Å². The number of nitrogens with zero attached hydrogens (tertiary/aromatic N) is 2. The van der Waals surface area contributed by atoms with E-state index in [1.165, 1.54) is 69.3 Å². The molecule has 3 rings (SSSR count). The average molecular weight is 470 g/mol. The Bertz CT molecular complexity index is 587. The number of halogens is 1. The number of nitrogens with two attached hydrogens (primary N) is 1. The molecule has 3 N–H and O–H groups in total. The summed E-state index contributed by atoms with van der Waals surface area (Å²) in [6.45, 7) is 6.93. The van der Waals surface area contributed by atoms with E-state index in [4.69, 9.17) is 5.73 Å². The van der Waals surface area contributed by atoms with Crippen molar-refractivity contribution in [1.82, 2.24) is 4.90 Å². The number of aliphatic imine (C=N–C) groups is 1. The fourth-order valence-corrected chi connectivity index (χ4v) is 4.21. The monoisotopic (exact) mass is 470 g/mol. The SMILES string of the molecule is CC1CCCN(CCCCN=C(N)Nc2cccc3c2CCCC3)C1.I. The summed E-state index contributed by atoms with van der Waals surface area (Å²) in [5.41, 5.74) is 10.2. The number of guanidine groups is 1. The smallest absolute Gasteiger partial charge is 0.193 e. The number of hydrogen-bond donors (Lipinski definition) is 2. The topological polar surface area (TPSA) is 53.6 Å². The Kier molecular flexibility index (Phi) is 9.19. The number of nitrogens with one attached hydrogen (secondary N) is 1. The summed E-state index contributed by atoms with van der Waals surface area (Å²) in [6.07, 6.45) is 10.00. The number of rotatable bonds is 6. The summed E-state index contributed by atoms with van der Waals surface area (Å²) in [6, 6.07) is 6.50. The van der Waals surface area contributed by atoms with Crippen LogP contribution in [-0.4, -0.2) is 37.0 Å². The first kappa shape index (κ1) is 21.5. The predicted molar refractivity (Wildman–Crippen MR) is 123 cm³/mol. The molecule has 1 aliphatic carbocycles. The summed E-state index contributed by atoms with van der Waals surface area (Å²) in [5, 5.41) is 3.33. The van der Waals surface area contributed by atoms with E-state index in [1.54, 1.807) is 0 Å². The Balaban J connectivity index is 0.00000243. The summed E-state index contributed by atoms with van der Waals surface area (Å²) >= 11 is 0. The minimum Gasteiger partial charge on any atom is -0.370 e. The number of piperidine rings is 1. The van der Waals surface area contributed by atoms with Crippen LogP contribution in [0.3, 0.4) is 0 Å². The van der Waals surface area contributed by atoms with Crippen LogP contribution in [0.5, 0.6) is 0 Å². The minimum absolute atomic E-state index is 0. The molecule has 1 atom stereocenters. The molecule has 2 aliphatic rings. The highest BCUT2D eigenvalue weighted by Crippen LogP contribution is 2.27. The van der Waals surface area contributed by atoms with Crippen LogP contribution in [0, 0.1) is 5.92 Å². The molecule has 0 bridgehead atoms. The number of hydrogen-bond acceptors (Lipinski definition) is 2. The van der Waals surface area contributed by atoms with Crippen LogP contribution in [0.4, 0.5) is 5.69 Å². The van der Waals surface area contributed by atoms with E-state index in [-0.39, 0.29) is 24.0 Å². The lowest BCUT2D eigenvalue weighted by Crippen LogP contribution is -2.35. The molecule has 146 valence electrons. The van der Waals surface area contributed by atoms with Crippen molar-refractivity contribution in [2.45, 2.75) is 58.3 Å². The normalized spacial score (nSPS) is 21.0. The van der Waals surface area contributed by atoms with Crippen molar-refractivity contribution in [2.75, 3.05) is 31.5 Å². The molecular weight excluding hydrogens is 435 g/mol. The van der Waals surface area contributed by atoms with Gasteiger partial charge in [0.05, 0.1) is 0 Å². The van der Waals surface area contributed by atoms with Gasteiger partial charge in [-0.05, 0) is 87.6 Å². The molecule has 0 aromatic heterocycles. The first-order valence-electron chi connectivity index (χ1n) is 10.1. The number of aryl methyl sites for hydroxylation is 1. The molecular formula is C21H35IN4. The molecule has 1 saturated heterocycles. The largest absolute Gasteiger partial charge is 0.370 e. The molecule has 1 aromatic rings. The maximum atomic E-state index is 6.11. The van der Waals surface area contributed by atoms with E-state index < -0.39 is 0 Å². The van der Waals surface area contributed by atoms with Crippen molar-refractivity contribution in [3.8, 4) is 0 Å². The van der Waals surface area contributed by atoms with E-state index in [2.05, 4.69) is 40.3 Å². The van der Waals surface area contributed by atoms with Gasteiger partial charge in [-0.15, -0.1) is 24.0 Å². The first-order chi connectivity index (χ1) is 12.2. The standard InChI is InChI=1S/C21H34N4.HI/c1-17-8-7-15-25(16-17)14-5-4-13-23-21(22)24-20-12-6-10-18-9-2-3-11-19(18)20;/h6,10,12,17H,2-5,7-9,11,13-16H2,1H3,(H3,22,23,24);1H. The molecule has 0 amide bonds. The quantitative estimate of drug-likeness (QED) is 0.280. The Morgan fingerprint density at radius 3 is 2.92 bits per heavy atom. The third-order valence-corrected chi connectivity index (χ3v) is 5.56. The highest BCUT2D eigenvalue weighted by molar-refractivity contribution is 14.0. The number of benzene rings is 1. The molecule has 26 heavy (non-hydrogen) atoms. The van der Waals surface area contributed by atoms with Gasteiger partial charge < -0.3 is 16.0 Å². The molecule has 0 saturated carbocycles. The van der Waals surface area contributed by atoms with Crippen LogP contribution in [0.1, 0.15) is 56.6 Å². The maximum Gasteiger partial charge on any atom is 0.193 e. The third kappa shape index (κ3) is 6.41. The summed E-state index contributed by atoms with van der Waals surface area (Å²) in [4.78, 5) is 7.14. The van der Waals surface area contributed by atoms with Gasteiger partial charge in [-0.1, -0.05) is 19.1 Å². The molecule has 0 radical (unpaired) electrons. The number of fused-ring (bicyclic) bond motifs is 1. The van der Waals surface area contributed by atoms with Gasteiger partial charge in [0.2, 0.25) is 0 Å². The molecule has 5 heteroatoms. The number of anilines is 1. The maximum absolute atomic E-state index is 6.11. The molecule has 1 fully saturated rings. The van der Waals surface area contributed by atoms with Crippen LogP contribution < -0.4 is 11.1 Å². The van der Waals surface area contributed by atoms with Gasteiger partial charge in [-0.25, -0.2) is 0 Å². The predicted octanol–water partition coefficient (Wildman–Crippen LogP) is 4.42. The Labute approximate surface area is 176 Å². The fourth-order valence-electron chi connectivity index (χ4n) is 4.21. The second-order valence-electron chi connectivity index (χ2n) is 7.80. The lowest BCUT2D eigenvalue weighted by molar-refractivity contribution is 0.181. The zero-order valence-corrected chi connectivity index (χ0v) is 18.5. The highest BCUT2D eigenvalue weighted by Gasteiger charge is 2.15. The van der Waals surface area contributed by atoms with Crippen LogP contribution in [0.25, 0.3) is 0 Å². The van der Waals surface area contributed by atoms with E-state index in [0.29, 0.717) is 5.96 Å². The molecule has 1 heterocycles. The van der Waals surface area contributed by atoms with E-state index in [9.17, 15) is 0 Å². The lowest BCUT2D eigenvalue weighted by atomic mass is 9.90. The van der Waals surface area contributed by atoms with Gasteiger partial charge in [-0.2, -0.15) is 0 Å². The van der Waals surface area contributed by atoms with Crippen LogP contribution in [-0.2, 0) is 12.8 Å². The summed E-state index contributed by atoms with van der Waals surface area (Å²) in [7, 11) is 0. The van der Waals surface area contributed by atoms with Crippen molar-refractivity contribution in [1.29, 1.82) is 0 Å². The van der Waals surface area contributed by atoms with Gasteiger partial charge in [0.1, 0.15) is 0 Å². The van der Waals surface area contributed by atoms with Gasteiger partial charge in [0.15, 0.2) is 5.96 Å². The molecule has 4 nitrogen and oxygen atoms in total. The highest BCUT2D eigenvalue weighted by atomic mass is 127. The van der Waals surface area contributed by atoms with E-state index in [0.717, 1.165) is 31.0 Å². The van der Waals surface area contributed by atoms with E-state index in [1.807, 2.05) is 0 Å². The Hall–Kier alpha value is -0.820. The zero-order valence-electron chi connectivity index (χ0n) is 16.2. The summed E-state index contributed by atoms with van der Waals surface area (Å²) in [5.74, 6) is 1.42. The second kappa shape index (κ2) is 11.1. The van der Waals surface area contributed by atoms with Crippen molar-refractivity contribution in [2.24, 2.45) is 16.6 Å². The van der Waals surface area contributed by atoms with Gasteiger partial charge >= 0.3 is 0 Å². The Morgan fingerprint density at radius 2 is 2.08 bits per heavy atom. The zero-order chi connectivity index (χ0) is 17.5. The third-order valence-electron chi connectivity index (χ3n) is 5.56. The second-order valence-corrected chi connectivity index (χ2v) is 7.80. The van der Waals surface area contributed by atoms with E-state index >= 15 is 0 Å². The summed E-state index contributed by atoms with van der Waals surface area (Å²) < 4.78 is 0. The number of unbranched alkanes of at least 4 members (excludes halogenated alkanes) is 1. The van der Waals surface area contributed by atoms with Crippen LogP contribution >= 0.6 is 24.0 Å². The van der Waals surface area contributed by atoms with Crippen molar-refractivity contribution in [3.05, 3.63) is 29.3 Å². The fraction of sp³-hybridized carbons (Fsp3) is 0.667. The van der Waals surface area contributed by atoms with Crippen LogP contribution in [0.15, 0.2) is 23.2 Å². The van der Waals surface area contributed by atoms with Gasteiger partial charge in [-0.3, -0.25) is 4.99 Å².